The van der Waals surface area contributed by atoms with Gasteiger partial charge in [-0.15, -0.1) is 0 Å². The second-order valence-corrected chi connectivity index (χ2v) is 24.7. The van der Waals surface area contributed by atoms with E-state index >= 15 is 0 Å². The molecule has 0 atom stereocenters. The summed E-state index contributed by atoms with van der Waals surface area (Å²) < 4.78 is 9.59. The summed E-state index contributed by atoms with van der Waals surface area (Å²) >= 11 is 0. The van der Waals surface area contributed by atoms with Crippen LogP contribution in [0.5, 0.6) is 0 Å². The van der Waals surface area contributed by atoms with Crippen molar-refractivity contribution in [2.45, 2.75) is 19.3 Å². The van der Waals surface area contributed by atoms with Crippen molar-refractivity contribution in [3.8, 4) is 79.2 Å². The van der Waals surface area contributed by atoms with Crippen LogP contribution in [0, 0.1) is 0 Å². The number of nitrogens with zero attached hydrogens (tertiary/aromatic N) is 7. The summed E-state index contributed by atoms with van der Waals surface area (Å²) in [6, 6.07) is 108. The van der Waals surface area contributed by atoms with Crippen molar-refractivity contribution < 1.29 is 0 Å². The van der Waals surface area contributed by atoms with Crippen LogP contribution in [0.3, 0.4) is 0 Å². The minimum absolute atomic E-state index is 0.191. The highest BCUT2D eigenvalue weighted by Crippen LogP contribution is 2.53. The zero-order valence-electron chi connectivity index (χ0n) is 49.9. The van der Waals surface area contributed by atoms with Gasteiger partial charge in [0.05, 0.1) is 44.1 Å². The molecule has 0 radical (unpaired) electrons. The molecule has 1 aliphatic carbocycles. The Bertz CT molecular complexity index is 5960. The topological polar surface area (TPSA) is 58.4 Å². The van der Waals surface area contributed by atoms with Crippen LogP contribution in [0.2, 0.25) is 0 Å². The molecule has 7 nitrogen and oxygen atoms in total. The van der Waals surface area contributed by atoms with Crippen molar-refractivity contribution in [2.24, 2.45) is 0 Å². The van der Waals surface area contributed by atoms with Crippen LogP contribution in [0.4, 0.5) is 0 Å². The lowest BCUT2D eigenvalue weighted by Gasteiger charge is -2.23. The number of benzene rings is 13. The first-order chi connectivity index (χ1) is 44.9. The molecule has 0 saturated heterocycles. The molecule has 0 aliphatic heterocycles. The summed E-state index contributed by atoms with van der Waals surface area (Å²) in [4.78, 5) is 15.9. The predicted octanol–water partition coefficient (Wildman–Crippen LogP) is 21.2. The highest BCUT2D eigenvalue weighted by Gasteiger charge is 2.38. The molecule has 1 aliphatic rings. The lowest BCUT2D eigenvalue weighted by molar-refractivity contribution is 0.664. The molecule has 5 aromatic heterocycles. The molecule has 0 N–H and O–H groups in total. The van der Waals surface area contributed by atoms with E-state index in [0.29, 0.717) is 17.6 Å². The second kappa shape index (κ2) is 19.5. The lowest BCUT2D eigenvalue weighted by atomic mass is 9.81. The standard InChI is InChI=1S/C84H55N7/c1-84(2)71-34-20-18-32-61(71)63-40-41-64-65-46-54(38-44-75(65)90(80(64)79(63)84)60-30-16-7-17-31-60)55-36-42-73-66(47-55)67-48-56(37-43-74(67)88(73)58-26-12-5-13-27-58)57-39-45-76-68(49-57)70-51-77-69(62-33-19-21-35-72(62)89(77)59-28-14-6-15-29-59)50-78(70)91(76)83-86-81(52-22-8-3-9-23-52)85-82(87-83)53-24-10-4-11-25-53/h3-51H,1-2H3. The first-order valence-electron chi connectivity index (χ1n) is 31.3. The molecule has 426 valence electrons. The Morgan fingerprint density at radius 2 is 0.637 bits per heavy atom. The lowest BCUT2D eigenvalue weighted by Crippen LogP contribution is -2.16. The Labute approximate surface area is 524 Å². The molecule has 0 fully saturated rings. The van der Waals surface area contributed by atoms with Gasteiger partial charge < -0.3 is 13.7 Å². The van der Waals surface area contributed by atoms with Crippen LogP contribution in [-0.4, -0.2) is 33.2 Å². The quantitative estimate of drug-likeness (QED) is 0.152. The number of hydrogen-bond acceptors (Lipinski definition) is 3. The monoisotopic (exact) mass is 1160 g/mol. The fourth-order valence-electron chi connectivity index (χ4n) is 15.3. The second-order valence-electron chi connectivity index (χ2n) is 24.7. The van der Waals surface area contributed by atoms with E-state index in [2.05, 4.69) is 293 Å². The Kier molecular flexibility index (Phi) is 11.0. The van der Waals surface area contributed by atoms with E-state index in [1.807, 2.05) is 36.4 Å². The number of fused-ring (bicyclic) bond motifs is 16. The number of rotatable bonds is 8. The van der Waals surface area contributed by atoms with Crippen LogP contribution >= 0.6 is 0 Å². The summed E-state index contributed by atoms with van der Waals surface area (Å²) in [5, 5.41) is 9.38. The van der Waals surface area contributed by atoms with Gasteiger partial charge in [-0.1, -0.05) is 208 Å². The maximum atomic E-state index is 5.37. The third kappa shape index (κ3) is 7.65. The fourth-order valence-corrected chi connectivity index (χ4v) is 15.3. The molecule has 19 rings (SSSR count). The zero-order chi connectivity index (χ0) is 60.1. The third-order valence-corrected chi connectivity index (χ3v) is 19.4. The normalized spacial score (nSPS) is 12.8. The van der Waals surface area contributed by atoms with Gasteiger partial charge in [-0.05, 0) is 148 Å². The minimum Gasteiger partial charge on any atom is -0.309 e. The van der Waals surface area contributed by atoms with Crippen molar-refractivity contribution in [1.29, 1.82) is 0 Å². The van der Waals surface area contributed by atoms with E-state index < -0.39 is 0 Å². The third-order valence-electron chi connectivity index (χ3n) is 19.4. The van der Waals surface area contributed by atoms with Gasteiger partial charge in [0, 0.05) is 76.7 Å². The maximum Gasteiger partial charge on any atom is 0.238 e. The van der Waals surface area contributed by atoms with E-state index in [1.54, 1.807) is 0 Å². The molecule has 7 heteroatoms. The van der Waals surface area contributed by atoms with E-state index in [4.69, 9.17) is 15.0 Å². The van der Waals surface area contributed by atoms with Gasteiger partial charge in [-0.25, -0.2) is 4.98 Å². The van der Waals surface area contributed by atoms with Crippen LogP contribution in [0.1, 0.15) is 25.0 Å². The molecular formula is C84H55N7. The molecule has 0 spiro atoms. The Morgan fingerprint density at radius 1 is 0.253 bits per heavy atom. The SMILES string of the molecule is CC1(C)c2ccccc2-c2ccc3c4cc(-c5ccc6c(c5)c5cc(-c7ccc8c(c7)c7cc9c(cc7n8-c7nc(-c8ccccc8)nc(-c8ccccc8)n7)c7ccccc7n9-c7ccccc7)ccc5n6-c5ccccc5)ccc4n(-c4ccccc4)c3c21. The Balaban J connectivity index is 0.823. The number of hydrogen-bond donors (Lipinski definition) is 0. The van der Waals surface area contributed by atoms with Gasteiger partial charge in [-0.3, -0.25) is 4.57 Å². The van der Waals surface area contributed by atoms with Crippen LogP contribution < -0.4 is 0 Å². The van der Waals surface area contributed by atoms with E-state index in [1.165, 1.54) is 71.3 Å². The minimum atomic E-state index is -0.191. The van der Waals surface area contributed by atoms with Gasteiger partial charge in [-0.2, -0.15) is 9.97 Å². The number of aromatic nitrogens is 7. The largest absolute Gasteiger partial charge is 0.309 e. The first kappa shape index (κ1) is 51.1. The van der Waals surface area contributed by atoms with Gasteiger partial charge in [0.1, 0.15) is 0 Å². The van der Waals surface area contributed by atoms with E-state index in [-0.39, 0.29) is 5.41 Å². The highest BCUT2D eigenvalue weighted by molar-refractivity contribution is 6.20. The van der Waals surface area contributed by atoms with Crippen LogP contribution in [-0.2, 0) is 5.41 Å². The predicted molar refractivity (Wildman–Crippen MR) is 376 cm³/mol. The molecular weight excluding hydrogens is 1110 g/mol. The van der Waals surface area contributed by atoms with Gasteiger partial charge in [0.15, 0.2) is 11.6 Å². The maximum absolute atomic E-state index is 5.37. The van der Waals surface area contributed by atoms with Crippen LogP contribution in [0.15, 0.2) is 297 Å². The van der Waals surface area contributed by atoms with Gasteiger partial charge in [0.25, 0.3) is 0 Å². The van der Waals surface area contributed by atoms with Gasteiger partial charge >= 0.3 is 0 Å². The summed E-state index contributed by atoms with van der Waals surface area (Å²) in [6.07, 6.45) is 0. The number of para-hydroxylation sites is 4. The molecule has 18 aromatic rings. The molecule has 5 heterocycles. The van der Waals surface area contributed by atoms with E-state index in [0.717, 1.165) is 88.6 Å². The molecule has 0 saturated carbocycles. The smallest absolute Gasteiger partial charge is 0.238 e. The average molecular weight is 1160 g/mol. The Morgan fingerprint density at radius 3 is 1.18 bits per heavy atom. The molecule has 0 bridgehead atoms. The molecule has 91 heavy (non-hydrogen) atoms. The average Bonchev–Trinajstić information content (AvgIpc) is 1.55. The first-order valence-corrected chi connectivity index (χ1v) is 31.3. The van der Waals surface area contributed by atoms with E-state index in [9.17, 15) is 0 Å². The van der Waals surface area contributed by atoms with Crippen LogP contribution in [0.25, 0.3) is 166 Å². The highest BCUT2D eigenvalue weighted by atomic mass is 15.2. The van der Waals surface area contributed by atoms with Crippen molar-refractivity contribution >= 4 is 87.2 Å². The summed E-state index contributed by atoms with van der Waals surface area (Å²) in [5.74, 6) is 1.77. The van der Waals surface area contributed by atoms with Crippen molar-refractivity contribution in [1.82, 2.24) is 33.2 Å². The molecule has 0 unspecified atom stereocenters. The zero-order valence-corrected chi connectivity index (χ0v) is 49.9. The summed E-state index contributed by atoms with van der Waals surface area (Å²) in [7, 11) is 0. The Hall–Kier alpha value is -11.9. The molecule has 13 aromatic carbocycles. The van der Waals surface area contributed by atoms with Crippen molar-refractivity contribution in [3.05, 3.63) is 308 Å². The van der Waals surface area contributed by atoms with Crippen molar-refractivity contribution in [2.75, 3.05) is 0 Å². The fraction of sp³-hybridized carbons (Fsp3) is 0.0357. The van der Waals surface area contributed by atoms with Gasteiger partial charge in [0.2, 0.25) is 5.95 Å². The molecule has 0 amide bonds. The summed E-state index contributed by atoms with van der Waals surface area (Å²) in [6.45, 7) is 4.79. The summed E-state index contributed by atoms with van der Waals surface area (Å²) in [5.41, 5.74) is 24.1. The van der Waals surface area contributed by atoms with Crippen molar-refractivity contribution in [3.63, 3.8) is 0 Å².